The van der Waals surface area contributed by atoms with Gasteiger partial charge in [-0.15, -0.1) is 0 Å². The molecule has 1 rings (SSSR count). The summed E-state index contributed by atoms with van der Waals surface area (Å²) in [6, 6.07) is 0.149. The number of aliphatic hydroxyl groups excluding tert-OH is 1. The smallest absolute Gasteiger partial charge is 0.232 e. The molecule has 0 aromatic rings. The van der Waals surface area contributed by atoms with Crippen LogP contribution in [0.3, 0.4) is 0 Å². The molecule has 0 spiro atoms. The van der Waals surface area contributed by atoms with Gasteiger partial charge in [0.2, 0.25) is 5.91 Å². The molecule has 3 nitrogen and oxygen atoms in total. The molecule has 82 valence electrons. The summed E-state index contributed by atoms with van der Waals surface area (Å²) < 4.78 is 0. The Morgan fingerprint density at radius 1 is 1.57 bits per heavy atom. The van der Waals surface area contributed by atoms with Crippen molar-refractivity contribution in [2.75, 3.05) is 6.61 Å². The molecule has 1 fully saturated rings. The van der Waals surface area contributed by atoms with Crippen LogP contribution >= 0.6 is 12.6 Å². The highest BCUT2D eigenvalue weighted by atomic mass is 32.1. The largest absolute Gasteiger partial charge is 0.396 e. The molecule has 0 radical (unpaired) electrons. The van der Waals surface area contributed by atoms with E-state index in [1.165, 1.54) is 0 Å². The summed E-state index contributed by atoms with van der Waals surface area (Å²) in [4.78, 5) is 11.4. The molecule has 0 saturated heterocycles. The normalized spacial score (nSPS) is 29.6. The van der Waals surface area contributed by atoms with E-state index in [1.54, 1.807) is 6.92 Å². The molecule has 3 unspecified atom stereocenters. The summed E-state index contributed by atoms with van der Waals surface area (Å²) in [7, 11) is 0. The average molecular weight is 217 g/mol. The van der Waals surface area contributed by atoms with Crippen molar-refractivity contribution >= 4 is 18.5 Å². The van der Waals surface area contributed by atoms with E-state index in [4.69, 9.17) is 5.11 Å². The zero-order valence-electron chi connectivity index (χ0n) is 8.57. The van der Waals surface area contributed by atoms with Gasteiger partial charge in [-0.25, -0.2) is 0 Å². The number of amides is 1. The summed E-state index contributed by atoms with van der Waals surface area (Å²) in [6.45, 7) is 1.93. The van der Waals surface area contributed by atoms with Crippen LogP contribution in [0.4, 0.5) is 0 Å². The van der Waals surface area contributed by atoms with E-state index in [2.05, 4.69) is 17.9 Å². The highest BCUT2D eigenvalue weighted by molar-refractivity contribution is 7.81. The van der Waals surface area contributed by atoms with Crippen LogP contribution in [0.1, 0.15) is 32.6 Å². The van der Waals surface area contributed by atoms with Gasteiger partial charge in [-0.3, -0.25) is 4.79 Å². The molecule has 0 aromatic heterocycles. The number of carbonyl (C=O) groups excluding carboxylic acids is 1. The highest BCUT2D eigenvalue weighted by Gasteiger charge is 2.26. The number of hydrogen-bond acceptors (Lipinski definition) is 3. The molecule has 0 bridgehead atoms. The van der Waals surface area contributed by atoms with Gasteiger partial charge in [-0.2, -0.15) is 12.6 Å². The predicted octanol–water partition coefficient (Wildman–Crippen LogP) is 0.972. The highest BCUT2D eigenvalue weighted by Crippen LogP contribution is 2.24. The molecule has 14 heavy (non-hydrogen) atoms. The Morgan fingerprint density at radius 2 is 2.21 bits per heavy atom. The number of aliphatic hydroxyl groups is 1. The molecule has 1 aliphatic rings. The topological polar surface area (TPSA) is 49.3 Å². The van der Waals surface area contributed by atoms with Gasteiger partial charge in [-0.05, 0) is 19.8 Å². The molecular formula is C10H19NO2S. The fourth-order valence-electron chi connectivity index (χ4n) is 1.92. The Balaban J connectivity index is 2.44. The predicted molar refractivity (Wildman–Crippen MR) is 59.4 cm³/mol. The Hall–Kier alpha value is -0.220. The van der Waals surface area contributed by atoms with Crippen LogP contribution in [0.25, 0.3) is 0 Å². The standard InChI is InChI=1S/C10H19NO2S/c1-7(14)10(13)11-9-5-3-2-4-8(9)6-12/h7-9,12,14H,2-6H2,1H3,(H,11,13). The Morgan fingerprint density at radius 3 is 2.79 bits per heavy atom. The maximum Gasteiger partial charge on any atom is 0.232 e. The molecule has 0 aromatic carbocycles. The van der Waals surface area contributed by atoms with Crippen LogP contribution in [0, 0.1) is 5.92 Å². The van der Waals surface area contributed by atoms with Crippen molar-refractivity contribution < 1.29 is 9.90 Å². The Kier molecular flexibility index (Phi) is 4.75. The molecule has 1 aliphatic carbocycles. The van der Waals surface area contributed by atoms with Gasteiger partial charge < -0.3 is 10.4 Å². The lowest BCUT2D eigenvalue weighted by Gasteiger charge is -2.31. The monoisotopic (exact) mass is 217 g/mol. The van der Waals surface area contributed by atoms with Gasteiger partial charge in [-0.1, -0.05) is 12.8 Å². The van der Waals surface area contributed by atoms with Crippen LogP contribution in [0.2, 0.25) is 0 Å². The van der Waals surface area contributed by atoms with E-state index < -0.39 is 0 Å². The Bertz CT molecular complexity index is 197. The van der Waals surface area contributed by atoms with Crippen molar-refractivity contribution in [2.24, 2.45) is 5.92 Å². The lowest BCUT2D eigenvalue weighted by molar-refractivity contribution is -0.121. The second-order valence-corrected chi connectivity index (χ2v) is 4.79. The van der Waals surface area contributed by atoms with Crippen LogP contribution in [-0.4, -0.2) is 28.9 Å². The number of carbonyl (C=O) groups is 1. The summed E-state index contributed by atoms with van der Waals surface area (Å²) in [6.07, 6.45) is 4.30. The lowest BCUT2D eigenvalue weighted by atomic mass is 9.85. The molecule has 2 N–H and O–H groups in total. The molecule has 3 atom stereocenters. The van der Waals surface area contributed by atoms with Crippen LogP contribution in [0.5, 0.6) is 0 Å². The lowest BCUT2D eigenvalue weighted by Crippen LogP contribution is -2.45. The fraction of sp³-hybridized carbons (Fsp3) is 0.900. The van der Waals surface area contributed by atoms with E-state index in [0.717, 1.165) is 25.7 Å². The summed E-state index contributed by atoms with van der Waals surface area (Å²) in [5, 5.41) is 11.8. The summed E-state index contributed by atoms with van der Waals surface area (Å²) in [5.41, 5.74) is 0. The van der Waals surface area contributed by atoms with E-state index >= 15 is 0 Å². The maximum atomic E-state index is 11.4. The third kappa shape index (κ3) is 3.17. The average Bonchev–Trinajstić information content (AvgIpc) is 2.18. The number of rotatable bonds is 3. The first kappa shape index (κ1) is 11.9. The van der Waals surface area contributed by atoms with Crippen molar-refractivity contribution in [3.63, 3.8) is 0 Å². The molecule has 1 amide bonds. The van der Waals surface area contributed by atoms with Crippen molar-refractivity contribution in [3.8, 4) is 0 Å². The Labute approximate surface area is 90.7 Å². The van der Waals surface area contributed by atoms with Crippen LogP contribution in [-0.2, 0) is 4.79 Å². The summed E-state index contributed by atoms with van der Waals surface area (Å²) in [5.74, 6) is 0.207. The molecule has 1 saturated carbocycles. The quantitative estimate of drug-likeness (QED) is 0.617. The number of hydrogen-bond donors (Lipinski definition) is 3. The van der Waals surface area contributed by atoms with Crippen molar-refractivity contribution in [2.45, 2.75) is 43.9 Å². The minimum Gasteiger partial charge on any atom is -0.396 e. The molecule has 4 heteroatoms. The first-order valence-electron chi connectivity index (χ1n) is 5.24. The van der Waals surface area contributed by atoms with Crippen LogP contribution < -0.4 is 5.32 Å². The fourth-order valence-corrected chi connectivity index (χ4v) is 1.99. The first-order chi connectivity index (χ1) is 6.65. The maximum absolute atomic E-state index is 11.4. The molecule has 0 aliphatic heterocycles. The van der Waals surface area contributed by atoms with Gasteiger partial charge in [0.15, 0.2) is 0 Å². The zero-order valence-corrected chi connectivity index (χ0v) is 9.46. The van der Waals surface area contributed by atoms with E-state index in [0.29, 0.717) is 0 Å². The SMILES string of the molecule is CC(S)C(=O)NC1CCCCC1CO. The van der Waals surface area contributed by atoms with Gasteiger partial charge in [0.25, 0.3) is 0 Å². The first-order valence-corrected chi connectivity index (χ1v) is 5.76. The van der Waals surface area contributed by atoms with E-state index in [9.17, 15) is 4.79 Å². The van der Waals surface area contributed by atoms with Crippen molar-refractivity contribution in [3.05, 3.63) is 0 Å². The van der Waals surface area contributed by atoms with E-state index in [-0.39, 0.29) is 29.7 Å². The summed E-state index contributed by atoms with van der Waals surface area (Å²) >= 11 is 4.08. The van der Waals surface area contributed by atoms with Gasteiger partial charge in [0.1, 0.15) is 0 Å². The second kappa shape index (κ2) is 5.61. The van der Waals surface area contributed by atoms with Crippen molar-refractivity contribution in [1.29, 1.82) is 0 Å². The third-order valence-corrected chi connectivity index (χ3v) is 3.09. The minimum absolute atomic E-state index is 0.0290. The second-order valence-electron chi connectivity index (χ2n) is 4.02. The van der Waals surface area contributed by atoms with Gasteiger partial charge in [0.05, 0.1) is 5.25 Å². The third-order valence-electron chi connectivity index (χ3n) is 2.85. The van der Waals surface area contributed by atoms with E-state index in [1.807, 2.05) is 0 Å². The molecular weight excluding hydrogens is 198 g/mol. The van der Waals surface area contributed by atoms with Gasteiger partial charge in [0, 0.05) is 18.6 Å². The minimum atomic E-state index is -0.267. The van der Waals surface area contributed by atoms with Crippen molar-refractivity contribution in [1.82, 2.24) is 5.32 Å². The zero-order chi connectivity index (χ0) is 10.6. The van der Waals surface area contributed by atoms with Gasteiger partial charge >= 0.3 is 0 Å². The number of thiol groups is 1. The van der Waals surface area contributed by atoms with Crippen LogP contribution in [0.15, 0.2) is 0 Å². The molecule has 0 heterocycles. The number of nitrogens with one attached hydrogen (secondary N) is 1.